The summed E-state index contributed by atoms with van der Waals surface area (Å²) in [5.41, 5.74) is 0.314. The number of ether oxygens (including phenoxy) is 2. The smallest absolute Gasteiger partial charge is 0.416 e. The van der Waals surface area contributed by atoms with Crippen LogP contribution in [0.1, 0.15) is 17.5 Å². The first kappa shape index (κ1) is 23.2. The first-order valence-corrected chi connectivity index (χ1v) is 10.9. The topological polar surface area (TPSA) is 76.2 Å². The Bertz CT molecular complexity index is 1050. The normalized spacial score (nSPS) is 16.4. The van der Waals surface area contributed by atoms with Gasteiger partial charge in [-0.1, -0.05) is 24.3 Å². The lowest BCUT2D eigenvalue weighted by Gasteiger charge is -2.18. The van der Waals surface area contributed by atoms with E-state index in [1.807, 2.05) is 0 Å². The Labute approximate surface area is 178 Å². The average molecular weight is 457 g/mol. The molecule has 1 aliphatic heterocycles. The SMILES string of the molecule is COC(=O)CCc1ccc(-c2cc(C(F)(F)F)cc(S(=O)(=O)N(C)C[C@H]3CO3)c2)cc1. The fourth-order valence-electron chi connectivity index (χ4n) is 3.03. The van der Waals surface area contributed by atoms with Gasteiger partial charge in [-0.3, -0.25) is 4.79 Å². The van der Waals surface area contributed by atoms with Gasteiger partial charge in [-0.15, -0.1) is 0 Å². The predicted molar refractivity (Wildman–Crippen MR) is 107 cm³/mol. The van der Waals surface area contributed by atoms with Gasteiger partial charge in [0.2, 0.25) is 10.0 Å². The molecule has 2 aromatic carbocycles. The molecule has 168 valence electrons. The molecular weight excluding hydrogens is 435 g/mol. The van der Waals surface area contributed by atoms with Gasteiger partial charge in [-0.25, -0.2) is 8.42 Å². The Morgan fingerprint density at radius 1 is 1.16 bits per heavy atom. The molecule has 0 aliphatic carbocycles. The Kier molecular flexibility index (Phi) is 6.73. The number of esters is 1. The third kappa shape index (κ3) is 5.84. The van der Waals surface area contributed by atoms with Crippen molar-refractivity contribution in [3.63, 3.8) is 0 Å². The van der Waals surface area contributed by atoms with Crippen LogP contribution in [0.4, 0.5) is 13.2 Å². The Balaban J connectivity index is 1.94. The number of hydrogen-bond donors (Lipinski definition) is 0. The molecule has 6 nitrogen and oxygen atoms in total. The number of benzene rings is 2. The van der Waals surface area contributed by atoms with Gasteiger partial charge < -0.3 is 9.47 Å². The van der Waals surface area contributed by atoms with Crippen molar-refractivity contribution in [2.24, 2.45) is 0 Å². The summed E-state index contributed by atoms with van der Waals surface area (Å²) in [6.45, 7) is 0.499. The van der Waals surface area contributed by atoms with Crippen LogP contribution in [0, 0.1) is 0 Å². The molecule has 1 saturated heterocycles. The number of epoxide rings is 1. The van der Waals surface area contributed by atoms with E-state index in [1.54, 1.807) is 24.3 Å². The molecule has 0 saturated carbocycles. The number of sulfonamides is 1. The highest BCUT2D eigenvalue weighted by molar-refractivity contribution is 7.89. The third-order valence-electron chi connectivity index (χ3n) is 4.94. The lowest BCUT2D eigenvalue weighted by molar-refractivity contribution is -0.140. The average Bonchev–Trinajstić information content (AvgIpc) is 3.55. The number of carbonyl (C=O) groups excluding carboxylic acids is 1. The molecular formula is C21H22F3NO5S. The van der Waals surface area contributed by atoms with E-state index >= 15 is 0 Å². The maximum absolute atomic E-state index is 13.5. The second kappa shape index (κ2) is 8.97. The van der Waals surface area contributed by atoms with Gasteiger partial charge in [0.15, 0.2) is 0 Å². The summed E-state index contributed by atoms with van der Waals surface area (Å²) in [5, 5.41) is 0. The largest absolute Gasteiger partial charge is 0.469 e. The molecule has 2 aromatic rings. The van der Waals surface area contributed by atoms with Crippen molar-refractivity contribution in [1.82, 2.24) is 4.31 Å². The summed E-state index contributed by atoms with van der Waals surface area (Å²) in [7, 11) is -1.53. The number of likely N-dealkylation sites (N-methyl/N-ethyl adjacent to an activating group) is 1. The molecule has 31 heavy (non-hydrogen) atoms. The van der Waals surface area contributed by atoms with Gasteiger partial charge in [0.25, 0.3) is 0 Å². The van der Waals surface area contributed by atoms with Gasteiger partial charge in [0.05, 0.1) is 30.3 Å². The molecule has 1 fully saturated rings. The number of aryl methyl sites for hydroxylation is 1. The van der Waals surface area contributed by atoms with Crippen LogP contribution in [-0.2, 0) is 36.9 Å². The minimum Gasteiger partial charge on any atom is -0.469 e. The van der Waals surface area contributed by atoms with Crippen LogP contribution in [-0.4, -0.2) is 52.1 Å². The molecule has 0 radical (unpaired) electrons. The van der Waals surface area contributed by atoms with Gasteiger partial charge in [0.1, 0.15) is 0 Å². The molecule has 1 aliphatic rings. The zero-order valence-corrected chi connectivity index (χ0v) is 17.8. The zero-order valence-electron chi connectivity index (χ0n) is 17.0. The molecule has 0 amide bonds. The highest BCUT2D eigenvalue weighted by Crippen LogP contribution is 2.35. The third-order valence-corrected chi connectivity index (χ3v) is 6.74. The fourth-order valence-corrected chi connectivity index (χ4v) is 4.30. The number of halogens is 3. The first-order valence-electron chi connectivity index (χ1n) is 9.47. The second-order valence-electron chi connectivity index (χ2n) is 7.26. The van der Waals surface area contributed by atoms with E-state index in [2.05, 4.69) is 4.74 Å². The molecule has 0 unspecified atom stereocenters. The summed E-state index contributed by atoms with van der Waals surface area (Å²) < 4.78 is 76.7. The summed E-state index contributed by atoms with van der Waals surface area (Å²) in [6, 6.07) is 9.37. The number of methoxy groups -OCH3 is 1. The maximum Gasteiger partial charge on any atom is 0.416 e. The summed E-state index contributed by atoms with van der Waals surface area (Å²) in [5.74, 6) is -0.363. The van der Waals surface area contributed by atoms with E-state index in [-0.39, 0.29) is 30.6 Å². The minimum absolute atomic E-state index is 0.0722. The number of hydrogen-bond acceptors (Lipinski definition) is 5. The first-order chi connectivity index (χ1) is 14.5. The van der Waals surface area contributed by atoms with Crippen molar-refractivity contribution in [1.29, 1.82) is 0 Å². The Hall–Kier alpha value is -2.43. The van der Waals surface area contributed by atoms with Crippen LogP contribution in [0.25, 0.3) is 11.1 Å². The molecule has 0 N–H and O–H groups in total. The Morgan fingerprint density at radius 2 is 1.81 bits per heavy atom. The molecule has 0 bridgehead atoms. The monoisotopic (exact) mass is 457 g/mol. The van der Waals surface area contributed by atoms with Crippen LogP contribution in [0.15, 0.2) is 47.4 Å². The summed E-state index contributed by atoms with van der Waals surface area (Å²) in [6.07, 6.45) is -4.34. The molecule has 3 rings (SSSR count). The quantitative estimate of drug-likeness (QED) is 0.448. The van der Waals surface area contributed by atoms with E-state index < -0.39 is 26.7 Å². The number of nitrogens with zero attached hydrogens (tertiary/aromatic N) is 1. The van der Waals surface area contributed by atoms with E-state index in [0.717, 1.165) is 15.9 Å². The van der Waals surface area contributed by atoms with E-state index in [0.29, 0.717) is 24.7 Å². The van der Waals surface area contributed by atoms with Crippen LogP contribution >= 0.6 is 0 Å². The predicted octanol–water partition coefficient (Wildman–Crippen LogP) is 3.50. The minimum atomic E-state index is -4.71. The lowest BCUT2D eigenvalue weighted by Crippen LogP contribution is -2.30. The van der Waals surface area contributed by atoms with E-state index in [4.69, 9.17) is 4.74 Å². The lowest BCUT2D eigenvalue weighted by atomic mass is 10.0. The van der Waals surface area contributed by atoms with Crippen molar-refractivity contribution < 1.29 is 35.9 Å². The second-order valence-corrected chi connectivity index (χ2v) is 9.30. The molecule has 1 heterocycles. The van der Waals surface area contributed by atoms with Gasteiger partial charge in [-0.05, 0) is 41.3 Å². The van der Waals surface area contributed by atoms with Gasteiger partial charge in [-0.2, -0.15) is 17.5 Å². The zero-order chi connectivity index (χ0) is 22.8. The molecule has 1 atom stereocenters. The van der Waals surface area contributed by atoms with E-state index in [9.17, 15) is 26.4 Å². The van der Waals surface area contributed by atoms with Crippen molar-refractivity contribution in [2.75, 3.05) is 27.3 Å². The van der Waals surface area contributed by atoms with Crippen LogP contribution in [0.3, 0.4) is 0 Å². The Morgan fingerprint density at radius 3 is 2.35 bits per heavy atom. The van der Waals surface area contributed by atoms with Gasteiger partial charge in [0, 0.05) is 20.0 Å². The van der Waals surface area contributed by atoms with Crippen LogP contribution in [0.2, 0.25) is 0 Å². The van der Waals surface area contributed by atoms with Crippen molar-refractivity contribution in [3.05, 3.63) is 53.6 Å². The highest BCUT2D eigenvalue weighted by Gasteiger charge is 2.35. The van der Waals surface area contributed by atoms with Crippen molar-refractivity contribution in [3.8, 4) is 11.1 Å². The summed E-state index contributed by atoms with van der Waals surface area (Å²) in [4.78, 5) is 10.8. The van der Waals surface area contributed by atoms with Crippen LogP contribution in [0.5, 0.6) is 0 Å². The number of alkyl halides is 3. The number of carbonyl (C=O) groups is 1. The highest BCUT2D eigenvalue weighted by atomic mass is 32.2. The molecule has 0 aromatic heterocycles. The molecule has 10 heteroatoms. The fraction of sp³-hybridized carbons (Fsp3) is 0.381. The number of rotatable bonds is 8. The standard InChI is InChI=1S/C21H22F3NO5S/c1-25(12-18-13-30-18)31(27,28)19-10-16(9-17(11-19)21(22,23)24)15-6-3-14(4-7-15)5-8-20(26)29-2/h3-4,6-7,9-11,18H,5,8,12-13H2,1-2H3/t18-/m0/s1. The van der Waals surface area contributed by atoms with Gasteiger partial charge >= 0.3 is 12.1 Å². The van der Waals surface area contributed by atoms with Crippen molar-refractivity contribution >= 4 is 16.0 Å². The maximum atomic E-state index is 13.5. The molecule has 0 spiro atoms. The summed E-state index contributed by atoms with van der Waals surface area (Å²) >= 11 is 0. The van der Waals surface area contributed by atoms with E-state index in [1.165, 1.54) is 20.2 Å². The van der Waals surface area contributed by atoms with Crippen molar-refractivity contribution in [2.45, 2.75) is 30.0 Å². The van der Waals surface area contributed by atoms with Crippen LogP contribution < -0.4 is 0 Å².